The molecule has 0 saturated heterocycles. The lowest BCUT2D eigenvalue weighted by Gasteiger charge is -2.10. The molecular formula is C15H13ClO. The van der Waals surface area contributed by atoms with Crippen molar-refractivity contribution in [3.8, 4) is 11.1 Å². The predicted octanol–water partition coefficient (Wildman–Crippen LogP) is 4.44. The fourth-order valence-electron chi connectivity index (χ4n) is 1.83. The monoisotopic (exact) mass is 244 g/mol. The second kappa shape index (κ2) is 4.72. The van der Waals surface area contributed by atoms with E-state index in [1.807, 2.05) is 44.2 Å². The van der Waals surface area contributed by atoms with Crippen LogP contribution in [0.15, 0.2) is 36.4 Å². The smallest absolute Gasteiger partial charge is 0.150 e. The third-order valence-electron chi connectivity index (χ3n) is 2.96. The molecule has 0 amide bonds. The number of aldehydes is 1. The van der Waals surface area contributed by atoms with E-state index in [0.717, 1.165) is 23.0 Å². The number of hydrogen-bond acceptors (Lipinski definition) is 1. The molecule has 2 aromatic carbocycles. The summed E-state index contributed by atoms with van der Waals surface area (Å²) in [6.07, 6.45) is 0.862. The van der Waals surface area contributed by atoms with Crippen LogP contribution in [-0.2, 0) is 0 Å². The Morgan fingerprint density at radius 2 is 1.65 bits per heavy atom. The number of rotatable bonds is 2. The van der Waals surface area contributed by atoms with Crippen molar-refractivity contribution in [2.45, 2.75) is 13.8 Å². The molecule has 2 aromatic rings. The Kier molecular flexibility index (Phi) is 3.30. The number of carbonyl (C=O) groups excluding carboxylic acids is 1. The summed E-state index contributed by atoms with van der Waals surface area (Å²) in [6, 6.07) is 11.4. The van der Waals surface area contributed by atoms with Gasteiger partial charge in [-0.05, 0) is 42.7 Å². The maximum Gasteiger partial charge on any atom is 0.150 e. The van der Waals surface area contributed by atoms with Gasteiger partial charge in [-0.1, -0.05) is 35.9 Å². The molecule has 0 bridgehead atoms. The van der Waals surface area contributed by atoms with E-state index in [1.54, 1.807) is 6.07 Å². The van der Waals surface area contributed by atoms with E-state index in [4.69, 9.17) is 11.6 Å². The first-order chi connectivity index (χ1) is 8.13. The molecule has 0 atom stereocenters. The summed E-state index contributed by atoms with van der Waals surface area (Å²) in [6.45, 7) is 4.06. The van der Waals surface area contributed by atoms with E-state index in [9.17, 15) is 4.79 Å². The molecule has 17 heavy (non-hydrogen) atoms. The molecule has 2 heteroatoms. The third kappa shape index (κ3) is 2.25. The van der Waals surface area contributed by atoms with E-state index in [2.05, 4.69) is 0 Å². The molecular weight excluding hydrogens is 232 g/mol. The Bertz CT molecular complexity index is 573. The predicted molar refractivity (Wildman–Crippen MR) is 71.7 cm³/mol. The Morgan fingerprint density at radius 1 is 1.00 bits per heavy atom. The van der Waals surface area contributed by atoms with Crippen LogP contribution < -0.4 is 0 Å². The second-order valence-electron chi connectivity index (χ2n) is 4.12. The standard InChI is InChI=1S/C15H13ClO/c1-10-7-14(15(16)8-11(10)2)13-6-4-3-5-12(13)9-17/h3-9H,1-2H3. The van der Waals surface area contributed by atoms with Crippen LogP contribution in [0.2, 0.25) is 5.02 Å². The maximum atomic E-state index is 11.0. The lowest BCUT2D eigenvalue weighted by Crippen LogP contribution is -1.90. The van der Waals surface area contributed by atoms with Gasteiger partial charge in [0.15, 0.2) is 6.29 Å². The van der Waals surface area contributed by atoms with Crippen molar-refractivity contribution in [2.24, 2.45) is 0 Å². The van der Waals surface area contributed by atoms with Gasteiger partial charge in [-0.25, -0.2) is 0 Å². The molecule has 0 aliphatic carbocycles. The minimum absolute atomic E-state index is 0.664. The molecule has 0 aliphatic heterocycles. The molecule has 0 spiro atoms. The lowest BCUT2D eigenvalue weighted by molar-refractivity contribution is 0.112. The molecule has 1 nitrogen and oxygen atoms in total. The van der Waals surface area contributed by atoms with Crippen molar-refractivity contribution < 1.29 is 4.79 Å². The van der Waals surface area contributed by atoms with Gasteiger partial charge >= 0.3 is 0 Å². The average Bonchev–Trinajstić information content (AvgIpc) is 2.34. The van der Waals surface area contributed by atoms with Gasteiger partial charge in [0.05, 0.1) is 0 Å². The highest BCUT2D eigenvalue weighted by Crippen LogP contribution is 2.32. The summed E-state index contributed by atoms with van der Waals surface area (Å²) < 4.78 is 0. The molecule has 0 aliphatic rings. The van der Waals surface area contributed by atoms with Gasteiger partial charge in [-0.3, -0.25) is 4.79 Å². The van der Waals surface area contributed by atoms with Crippen molar-refractivity contribution in [3.63, 3.8) is 0 Å². The van der Waals surface area contributed by atoms with Crippen molar-refractivity contribution >= 4 is 17.9 Å². The van der Waals surface area contributed by atoms with Crippen LogP contribution in [0.3, 0.4) is 0 Å². The van der Waals surface area contributed by atoms with Gasteiger partial charge in [0.25, 0.3) is 0 Å². The summed E-state index contributed by atoms with van der Waals surface area (Å²) in [5, 5.41) is 0.683. The van der Waals surface area contributed by atoms with Crippen molar-refractivity contribution in [3.05, 3.63) is 58.1 Å². The zero-order chi connectivity index (χ0) is 12.4. The van der Waals surface area contributed by atoms with Crippen LogP contribution in [0.4, 0.5) is 0 Å². The van der Waals surface area contributed by atoms with Crippen LogP contribution in [0.5, 0.6) is 0 Å². The van der Waals surface area contributed by atoms with E-state index in [0.29, 0.717) is 10.6 Å². The Labute approximate surface area is 106 Å². The third-order valence-corrected chi connectivity index (χ3v) is 3.27. The number of hydrogen-bond donors (Lipinski definition) is 0. The first kappa shape index (κ1) is 11.9. The molecule has 2 rings (SSSR count). The van der Waals surface area contributed by atoms with Crippen LogP contribution in [0, 0.1) is 13.8 Å². The molecule has 0 radical (unpaired) electrons. The quantitative estimate of drug-likeness (QED) is 0.714. The van der Waals surface area contributed by atoms with Gasteiger partial charge in [0.2, 0.25) is 0 Å². The minimum atomic E-state index is 0.664. The second-order valence-corrected chi connectivity index (χ2v) is 4.53. The minimum Gasteiger partial charge on any atom is -0.298 e. The average molecular weight is 245 g/mol. The fourth-order valence-corrected chi connectivity index (χ4v) is 2.15. The van der Waals surface area contributed by atoms with Gasteiger partial charge < -0.3 is 0 Å². The summed E-state index contributed by atoms with van der Waals surface area (Å²) in [5.74, 6) is 0. The SMILES string of the molecule is Cc1cc(Cl)c(-c2ccccc2C=O)cc1C. The first-order valence-corrected chi connectivity index (χ1v) is 5.82. The highest BCUT2D eigenvalue weighted by molar-refractivity contribution is 6.33. The summed E-state index contributed by atoms with van der Waals surface area (Å²) in [4.78, 5) is 11.0. The van der Waals surface area contributed by atoms with E-state index >= 15 is 0 Å². The largest absolute Gasteiger partial charge is 0.298 e. The fraction of sp³-hybridized carbons (Fsp3) is 0.133. The van der Waals surface area contributed by atoms with Gasteiger partial charge in [0.1, 0.15) is 0 Å². The first-order valence-electron chi connectivity index (χ1n) is 5.45. The van der Waals surface area contributed by atoms with Crippen molar-refractivity contribution in [1.82, 2.24) is 0 Å². The molecule has 0 heterocycles. The normalized spacial score (nSPS) is 10.3. The molecule has 0 aromatic heterocycles. The molecule has 0 fully saturated rings. The Morgan fingerprint density at radius 3 is 2.35 bits per heavy atom. The summed E-state index contributed by atoms with van der Waals surface area (Å²) in [7, 11) is 0. The number of benzene rings is 2. The van der Waals surface area contributed by atoms with E-state index in [1.165, 1.54) is 5.56 Å². The number of aryl methyl sites for hydroxylation is 2. The molecule has 0 saturated carbocycles. The van der Waals surface area contributed by atoms with Crippen molar-refractivity contribution in [2.75, 3.05) is 0 Å². The lowest BCUT2D eigenvalue weighted by atomic mass is 9.97. The zero-order valence-corrected chi connectivity index (χ0v) is 10.6. The highest BCUT2D eigenvalue weighted by atomic mass is 35.5. The van der Waals surface area contributed by atoms with E-state index < -0.39 is 0 Å². The Balaban J connectivity index is 2.68. The highest BCUT2D eigenvalue weighted by Gasteiger charge is 2.09. The Hall–Kier alpha value is -1.60. The van der Waals surface area contributed by atoms with E-state index in [-0.39, 0.29) is 0 Å². The van der Waals surface area contributed by atoms with Gasteiger partial charge in [-0.2, -0.15) is 0 Å². The maximum absolute atomic E-state index is 11.0. The number of carbonyl (C=O) groups is 1. The summed E-state index contributed by atoms with van der Waals surface area (Å²) >= 11 is 6.25. The van der Waals surface area contributed by atoms with Gasteiger partial charge in [-0.15, -0.1) is 0 Å². The summed E-state index contributed by atoms with van der Waals surface area (Å²) in [5.41, 5.74) is 4.79. The van der Waals surface area contributed by atoms with Crippen LogP contribution >= 0.6 is 11.6 Å². The van der Waals surface area contributed by atoms with Crippen LogP contribution in [0.1, 0.15) is 21.5 Å². The molecule has 0 unspecified atom stereocenters. The van der Waals surface area contributed by atoms with Gasteiger partial charge in [0, 0.05) is 16.1 Å². The molecule has 86 valence electrons. The van der Waals surface area contributed by atoms with Crippen molar-refractivity contribution in [1.29, 1.82) is 0 Å². The molecule has 0 N–H and O–H groups in total. The number of halogens is 1. The zero-order valence-electron chi connectivity index (χ0n) is 9.83. The topological polar surface area (TPSA) is 17.1 Å². The van der Waals surface area contributed by atoms with Crippen LogP contribution in [-0.4, -0.2) is 6.29 Å². The van der Waals surface area contributed by atoms with Crippen LogP contribution in [0.25, 0.3) is 11.1 Å².